The van der Waals surface area contributed by atoms with Gasteiger partial charge in [0.25, 0.3) is 6.71 Å². The molecular formula is C83H86BN3S2. The Morgan fingerprint density at radius 1 is 0.494 bits per heavy atom. The highest BCUT2D eigenvalue weighted by molar-refractivity contribution is 7.26. The molecule has 14 rings (SSSR count). The van der Waals surface area contributed by atoms with Gasteiger partial charge in [-0.05, 0) is 204 Å². The van der Waals surface area contributed by atoms with Crippen LogP contribution in [-0.4, -0.2) is 6.71 Å². The maximum atomic E-state index is 2.74. The van der Waals surface area contributed by atoms with Crippen molar-refractivity contribution >= 4 is 137 Å². The maximum absolute atomic E-state index is 2.74. The Morgan fingerprint density at radius 3 is 1.63 bits per heavy atom. The number of aryl methyl sites for hydroxylation is 1. The van der Waals surface area contributed by atoms with Gasteiger partial charge in [-0.1, -0.05) is 197 Å². The van der Waals surface area contributed by atoms with Gasteiger partial charge in [0.1, 0.15) is 0 Å². The van der Waals surface area contributed by atoms with Crippen LogP contribution in [0.3, 0.4) is 0 Å². The van der Waals surface area contributed by atoms with Crippen LogP contribution in [0.15, 0.2) is 200 Å². The maximum Gasteiger partial charge on any atom is 0.252 e. The zero-order valence-electron chi connectivity index (χ0n) is 53.7. The zero-order chi connectivity index (χ0) is 60.9. The van der Waals surface area contributed by atoms with Gasteiger partial charge in [0.2, 0.25) is 0 Å². The van der Waals surface area contributed by atoms with E-state index in [1.54, 1.807) is 0 Å². The Labute approximate surface area is 538 Å². The topological polar surface area (TPSA) is 9.72 Å². The number of hydrogen-bond acceptors (Lipinski definition) is 5. The third-order valence-electron chi connectivity index (χ3n) is 20.4. The van der Waals surface area contributed by atoms with E-state index in [-0.39, 0.29) is 12.6 Å². The van der Waals surface area contributed by atoms with Crippen molar-refractivity contribution in [3.05, 3.63) is 228 Å². The summed E-state index contributed by atoms with van der Waals surface area (Å²) in [5, 5.41) is 5.47. The first-order valence-electron chi connectivity index (χ1n) is 34.0. The van der Waals surface area contributed by atoms with Gasteiger partial charge in [-0.25, -0.2) is 0 Å². The fraction of sp³-hybridized carbons (Fsp3) is 0.301. The molecule has 0 spiro atoms. The molecule has 1 aliphatic carbocycles. The molecule has 0 bridgehead atoms. The first-order valence-corrected chi connectivity index (χ1v) is 35.6. The molecule has 3 aliphatic rings. The van der Waals surface area contributed by atoms with Crippen LogP contribution >= 0.6 is 22.7 Å². The van der Waals surface area contributed by atoms with Crippen molar-refractivity contribution < 1.29 is 0 Å². The number of benzene rings is 9. The van der Waals surface area contributed by atoms with Crippen LogP contribution in [-0.2, 0) is 6.42 Å². The number of fused-ring (bicyclic) bond motifs is 12. The molecule has 5 unspecified atom stereocenters. The molecule has 0 saturated carbocycles. The number of thiophene rings is 2. The number of unbranched alkanes of at least 4 members (excludes halogenated alkanes) is 2. The molecular weight excluding hydrogens is 1110 g/mol. The summed E-state index contributed by atoms with van der Waals surface area (Å²) in [6, 6.07) is 70.4. The smallest absolute Gasteiger partial charge is 0.252 e. The lowest BCUT2D eigenvalue weighted by atomic mass is 9.33. The quantitative estimate of drug-likeness (QED) is 0.0664. The summed E-state index contributed by atoms with van der Waals surface area (Å²) >= 11 is 3.92. The molecule has 3 nitrogen and oxygen atoms in total. The number of allylic oxidation sites excluding steroid dienone is 4. The summed E-state index contributed by atoms with van der Waals surface area (Å²) in [7, 11) is 0. The van der Waals surface area contributed by atoms with Gasteiger partial charge >= 0.3 is 0 Å². The van der Waals surface area contributed by atoms with Gasteiger partial charge in [-0.15, -0.1) is 22.7 Å². The highest BCUT2D eigenvalue weighted by atomic mass is 32.1. The number of nitrogens with zero attached hydrogens (tertiary/aromatic N) is 3. The molecule has 2 aliphatic heterocycles. The lowest BCUT2D eigenvalue weighted by Crippen LogP contribution is -2.61. The Bertz CT molecular complexity index is 4430. The van der Waals surface area contributed by atoms with Gasteiger partial charge in [0.05, 0.1) is 17.1 Å². The molecule has 5 atom stereocenters. The molecule has 0 N–H and O–H groups in total. The second-order valence-corrected chi connectivity index (χ2v) is 28.2. The van der Waals surface area contributed by atoms with E-state index >= 15 is 0 Å². The Hall–Kier alpha value is -7.64. The van der Waals surface area contributed by atoms with Crippen molar-refractivity contribution in [1.82, 2.24) is 0 Å². The highest BCUT2D eigenvalue weighted by Crippen LogP contribution is 2.55. The minimum absolute atomic E-state index is 0.0850. The van der Waals surface area contributed by atoms with Crippen molar-refractivity contribution in [2.75, 3.05) is 14.7 Å². The summed E-state index contributed by atoms with van der Waals surface area (Å²) in [6.45, 7) is 18.8. The van der Waals surface area contributed by atoms with E-state index in [9.17, 15) is 0 Å². The van der Waals surface area contributed by atoms with Gasteiger partial charge in [-0.3, -0.25) is 0 Å². The standard InChI is InChI=1S/C83H86BN3S2/c1-9-15-26-54(7)60-38-46-75-68(50-60)79-77(88-75)48-44-70-82(79)86(63-40-34-56(35-41-63)28-16-10-2)73-52-65(85(62-29-18-17-19-30-62)72-33-23-22-32-67(72)66-31-21-20-27-55(66)8)53-74-81(73)84(70)71-45-49-78-80(69-51-61(39-47-76(69)89-78)58(14-6)25-12-4)83(71)87(74)64-42-36-59(37-43-64)57(13-5)24-11-3/h17-23,27,29-55,57-58,66H,9-16,24-26,28H2,1-8H3. The average Bonchev–Trinajstić information content (AvgIpc) is 1.62. The van der Waals surface area contributed by atoms with E-state index < -0.39 is 0 Å². The predicted molar refractivity (Wildman–Crippen MR) is 394 cm³/mol. The minimum Gasteiger partial charge on any atom is -0.311 e. The van der Waals surface area contributed by atoms with Crippen LogP contribution in [0.5, 0.6) is 0 Å². The lowest BCUT2D eigenvalue weighted by molar-refractivity contribution is 0.596. The van der Waals surface area contributed by atoms with Crippen LogP contribution in [0.4, 0.5) is 51.2 Å². The average molecular weight is 1200 g/mol. The summed E-state index contributed by atoms with van der Waals surface area (Å²) in [5.74, 6) is 2.01. The van der Waals surface area contributed by atoms with Crippen LogP contribution < -0.4 is 31.1 Å². The van der Waals surface area contributed by atoms with Gasteiger partial charge in [0.15, 0.2) is 0 Å². The third-order valence-corrected chi connectivity index (χ3v) is 22.7. The van der Waals surface area contributed by atoms with E-state index in [1.807, 2.05) is 22.7 Å². The zero-order valence-corrected chi connectivity index (χ0v) is 55.3. The summed E-state index contributed by atoms with van der Waals surface area (Å²) in [6.07, 6.45) is 23.3. The Morgan fingerprint density at radius 2 is 1.03 bits per heavy atom. The molecule has 448 valence electrons. The van der Waals surface area contributed by atoms with Gasteiger partial charge in [-0.2, -0.15) is 0 Å². The van der Waals surface area contributed by atoms with E-state index in [0.717, 1.165) is 30.6 Å². The molecule has 0 radical (unpaired) electrons. The van der Waals surface area contributed by atoms with Crippen molar-refractivity contribution in [2.45, 2.75) is 156 Å². The molecule has 6 heteroatoms. The van der Waals surface area contributed by atoms with E-state index in [1.165, 1.54) is 182 Å². The fourth-order valence-corrected chi connectivity index (χ4v) is 17.9. The normalized spacial score (nSPS) is 16.1. The lowest BCUT2D eigenvalue weighted by Gasteiger charge is -2.45. The second-order valence-electron chi connectivity index (χ2n) is 26.0. The predicted octanol–water partition coefficient (Wildman–Crippen LogP) is 24.0. The third kappa shape index (κ3) is 10.5. The molecule has 0 saturated heterocycles. The van der Waals surface area contributed by atoms with E-state index in [0.29, 0.717) is 23.7 Å². The molecule has 0 fully saturated rings. The molecule has 11 aromatic rings. The van der Waals surface area contributed by atoms with Crippen molar-refractivity contribution in [2.24, 2.45) is 5.92 Å². The minimum atomic E-state index is -0.0850. The van der Waals surface area contributed by atoms with Gasteiger partial charge in [0, 0.05) is 80.4 Å². The number of rotatable bonds is 21. The molecule has 2 aromatic heterocycles. The molecule has 89 heavy (non-hydrogen) atoms. The highest BCUT2D eigenvalue weighted by Gasteiger charge is 2.46. The van der Waals surface area contributed by atoms with Crippen LogP contribution in [0.1, 0.15) is 178 Å². The van der Waals surface area contributed by atoms with E-state index in [2.05, 4.69) is 270 Å². The number of hydrogen-bond donors (Lipinski definition) is 0. The number of para-hydroxylation sites is 2. The van der Waals surface area contributed by atoms with Crippen LogP contribution in [0.2, 0.25) is 0 Å². The van der Waals surface area contributed by atoms with Crippen molar-refractivity contribution in [1.29, 1.82) is 0 Å². The molecule has 0 amide bonds. The van der Waals surface area contributed by atoms with Gasteiger partial charge < -0.3 is 14.7 Å². The fourth-order valence-electron chi connectivity index (χ4n) is 15.7. The van der Waals surface area contributed by atoms with Crippen LogP contribution in [0, 0.1) is 5.92 Å². The molecule has 4 heterocycles. The van der Waals surface area contributed by atoms with Crippen molar-refractivity contribution in [3.8, 4) is 0 Å². The monoisotopic (exact) mass is 1200 g/mol. The van der Waals surface area contributed by atoms with Crippen molar-refractivity contribution in [3.63, 3.8) is 0 Å². The SMILES string of the molecule is CCCCc1ccc(N2c3cc(N(c4ccccc4)c4ccccc4C4C=CC=CC4C)cc4c3B(c3ccc5sc6ccc(C(C)CCCC)cc6c5c32)c2ccc3sc5ccc(C(CC)CCC)cc5c3c2N4c2ccc(C(CC)CCC)cc2)cc1. The summed E-state index contributed by atoms with van der Waals surface area (Å²) in [5.41, 5.74) is 22.0. The number of anilines is 9. The first kappa shape index (κ1) is 59.0. The summed E-state index contributed by atoms with van der Waals surface area (Å²) < 4.78 is 5.37. The largest absolute Gasteiger partial charge is 0.311 e. The summed E-state index contributed by atoms with van der Waals surface area (Å²) in [4.78, 5) is 8.08. The second kappa shape index (κ2) is 25.3. The molecule has 9 aromatic carbocycles. The first-order chi connectivity index (χ1) is 43.7. The van der Waals surface area contributed by atoms with Crippen LogP contribution in [0.25, 0.3) is 40.3 Å². The van der Waals surface area contributed by atoms with E-state index in [4.69, 9.17) is 0 Å². The Balaban J connectivity index is 1.14. The Kier molecular flexibility index (Phi) is 16.8.